The Balaban J connectivity index is 2.21. The first-order chi connectivity index (χ1) is 10.7. The smallest absolute Gasteiger partial charge is 0.277 e. The van der Waals surface area contributed by atoms with Gasteiger partial charge >= 0.3 is 0 Å². The largest absolute Gasteiger partial charge is 0.280 e. The van der Waals surface area contributed by atoms with E-state index in [4.69, 9.17) is 28.0 Å². The Morgan fingerprint density at radius 1 is 1.26 bits per heavy atom. The van der Waals surface area contributed by atoms with Crippen LogP contribution in [0.1, 0.15) is 10.4 Å². The van der Waals surface area contributed by atoms with E-state index in [1.54, 1.807) is 0 Å². The maximum atomic E-state index is 12.3. The van der Waals surface area contributed by atoms with Crippen LogP contribution in [-0.2, 0) is 14.9 Å². The van der Waals surface area contributed by atoms with Crippen molar-refractivity contribution >= 4 is 56.2 Å². The summed E-state index contributed by atoms with van der Waals surface area (Å²) < 4.78 is 27.3. The van der Waals surface area contributed by atoms with Gasteiger partial charge < -0.3 is 0 Å². The summed E-state index contributed by atoms with van der Waals surface area (Å²) in [5, 5.41) is 1.06. The highest BCUT2D eigenvalue weighted by atomic mass is 35.5. The number of hydrogen-bond donors (Lipinski definition) is 1. The second kappa shape index (κ2) is 7.06. The summed E-state index contributed by atoms with van der Waals surface area (Å²) in [6, 6.07) is 7.18. The zero-order valence-corrected chi connectivity index (χ0v) is 15.2. The van der Waals surface area contributed by atoms with Gasteiger partial charge in [-0.3, -0.25) is 14.4 Å². The Morgan fingerprint density at radius 2 is 1.87 bits per heavy atom. The molecule has 0 fully saturated rings. The highest BCUT2D eigenvalue weighted by molar-refractivity contribution is 7.93. The van der Waals surface area contributed by atoms with Crippen molar-refractivity contribution < 1.29 is 18.0 Å². The van der Waals surface area contributed by atoms with Gasteiger partial charge in [0.2, 0.25) is 0 Å². The van der Waals surface area contributed by atoms with Crippen molar-refractivity contribution in [1.29, 1.82) is 0 Å². The number of hydrogen-bond acceptors (Lipinski definition) is 5. The van der Waals surface area contributed by atoms with E-state index in [-0.39, 0.29) is 19.5 Å². The van der Waals surface area contributed by atoms with Crippen LogP contribution in [0.4, 0.5) is 5.69 Å². The van der Waals surface area contributed by atoms with E-state index >= 15 is 0 Å². The molecule has 1 amide bonds. The van der Waals surface area contributed by atoms with Crippen LogP contribution < -0.4 is 4.72 Å². The number of amides is 1. The maximum absolute atomic E-state index is 12.3. The first-order valence-corrected chi connectivity index (χ1v) is 9.20. The molecule has 0 spiro atoms. The van der Waals surface area contributed by atoms with Crippen molar-refractivity contribution in [2.45, 2.75) is 4.90 Å². The van der Waals surface area contributed by atoms with Crippen LogP contribution in [0.15, 0.2) is 35.2 Å². The lowest BCUT2D eigenvalue weighted by Crippen LogP contribution is -2.25. The van der Waals surface area contributed by atoms with Gasteiger partial charge in [0.15, 0.2) is 0 Å². The van der Waals surface area contributed by atoms with E-state index in [1.165, 1.54) is 44.5 Å². The minimum Gasteiger partial charge on any atom is -0.280 e. The molecule has 2 aromatic rings. The Morgan fingerprint density at radius 3 is 2.35 bits per heavy atom. The summed E-state index contributed by atoms with van der Waals surface area (Å²) in [7, 11) is -1.01. The fourth-order valence-corrected chi connectivity index (χ4v) is 4.87. The normalized spacial score (nSPS) is 11.3. The van der Waals surface area contributed by atoms with Gasteiger partial charge in [0.25, 0.3) is 15.9 Å². The van der Waals surface area contributed by atoms with Crippen LogP contribution in [-0.4, -0.2) is 33.5 Å². The Kier molecular flexibility index (Phi) is 5.53. The molecule has 1 heterocycles. The van der Waals surface area contributed by atoms with Gasteiger partial charge in [-0.05, 0) is 30.3 Å². The van der Waals surface area contributed by atoms with Crippen LogP contribution in [0.5, 0.6) is 0 Å². The average Bonchev–Trinajstić information content (AvgIpc) is 2.85. The molecule has 0 unspecified atom stereocenters. The number of nitrogens with one attached hydrogen (secondary N) is 1. The zero-order valence-electron chi connectivity index (χ0n) is 12.0. The quantitative estimate of drug-likeness (QED) is 0.787. The SMILES string of the molecule is CON(C)C(=O)c1ccc(NS(=O)(=O)c2cc(Cl)sc2Cl)cc1. The number of nitrogens with zero attached hydrogens (tertiary/aromatic N) is 1. The topological polar surface area (TPSA) is 75.7 Å². The Hall–Kier alpha value is -1.32. The molecule has 1 aromatic carbocycles. The van der Waals surface area contributed by atoms with Crippen molar-refractivity contribution in [2.24, 2.45) is 0 Å². The number of sulfonamides is 1. The fourth-order valence-electron chi connectivity index (χ4n) is 1.66. The Labute approximate surface area is 147 Å². The molecule has 0 aliphatic carbocycles. The van der Waals surface area contributed by atoms with Crippen molar-refractivity contribution in [3.8, 4) is 0 Å². The standard InChI is InChI=1S/C13H12Cl2N2O4S2/c1-17(21-2)13(18)8-3-5-9(6-4-8)16-23(19,20)10-7-11(14)22-12(10)15/h3-7,16H,1-2H3. The van der Waals surface area contributed by atoms with Crippen molar-refractivity contribution in [2.75, 3.05) is 18.9 Å². The summed E-state index contributed by atoms with van der Waals surface area (Å²) in [5.41, 5.74) is 0.647. The first-order valence-electron chi connectivity index (χ1n) is 6.14. The third kappa shape index (κ3) is 4.15. The van der Waals surface area contributed by atoms with Crippen molar-refractivity contribution in [3.63, 3.8) is 0 Å². The number of carbonyl (C=O) groups excluding carboxylic acids is 1. The monoisotopic (exact) mass is 394 g/mol. The number of benzene rings is 1. The van der Waals surface area contributed by atoms with Gasteiger partial charge in [-0.1, -0.05) is 23.2 Å². The number of carbonyl (C=O) groups is 1. The van der Waals surface area contributed by atoms with E-state index in [0.717, 1.165) is 16.4 Å². The summed E-state index contributed by atoms with van der Waals surface area (Å²) in [5.74, 6) is -0.352. The van der Waals surface area contributed by atoms with Crippen LogP contribution >= 0.6 is 34.5 Å². The lowest BCUT2D eigenvalue weighted by atomic mass is 10.2. The lowest BCUT2D eigenvalue weighted by molar-refractivity contribution is -0.0756. The van der Waals surface area contributed by atoms with Crippen LogP contribution in [0.25, 0.3) is 0 Å². The molecule has 124 valence electrons. The number of halogens is 2. The lowest BCUT2D eigenvalue weighted by Gasteiger charge is -2.14. The predicted molar refractivity (Wildman–Crippen MR) is 90.7 cm³/mol. The summed E-state index contributed by atoms with van der Waals surface area (Å²) in [6.07, 6.45) is 0. The molecular weight excluding hydrogens is 383 g/mol. The predicted octanol–water partition coefficient (Wildman–Crippen LogP) is 3.49. The van der Waals surface area contributed by atoms with E-state index in [9.17, 15) is 13.2 Å². The van der Waals surface area contributed by atoms with Crippen LogP contribution in [0, 0.1) is 0 Å². The third-order valence-electron chi connectivity index (χ3n) is 2.86. The molecule has 2 rings (SSSR count). The molecule has 1 N–H and O–H groups in total. The summed E-state index contributed by atoms with van der Waals surface area (Å²) in [4.78, 5) is 16.6. The van der Waals surface area contributed by atoms with E-state index in [2.05, 4.69) is 4.72 Å². The van der Waals surface area contributed by atoms with E-state index in [1.807, 2.05) is 0 Å². The van der Waals surface area contributed by atoms with Crippen molar-refractivity contribution in [3.05, 3.63) is 44.6 Å². The third-order valence-corrected chi connectivity index (χ3v) is 5.99. The minimum atomic E-state index is -3.85. The van der Waals surface area contributed by atoms with Gasteiger partial charge in [0, 0.05) is 18.3 Å². The molecule has 0 aliphatic heterocycles. The molecule has 1 aromatic heterocycles. The second-order valence-electron chi connectivity index (χ2n) is 4.36. The number of rotatable bonds is 5. The number of hydroxylamine groups is 2. The van der Waals surface area contributed by atoms with Crippen LogP contribution in [0.3, 0.4) is 0 Å². The van der Waals surface area contributed by atoms with Gasteiger partial charge in [0.05, 0.1) is 11.4 Å². The zero-order chi connectivity index (χ0) is 17.2. The molecule has 10 heteroatoms. The van der Waals surface area contributed by atoms with Crippen molar-refractivity contribution in [1.82, 2.24) is 5.06 Å². The number of thiophene rings is 1. The van der Waals surface area contributed by atoms with Gasteiger partial charge in [0.1, 0.15) is 9.23 Å². The minimum absolute atomic E-state index is 0.0796. The first kappa shape index (κ1) is 18.0. The Bertz CT molecular complexity index is 819. The average molecular weight is 395 g/mol. The molecular formula is C13H12Cl2N2O4S2. The van der Waals surface area contributed by atoms with Gasteiger partial charge in [-0.2, -0.15) is 0 Å². The molecule has 0 aliphatic rings. The molecule has 0 bridgehead atoms. The molecule has 23 heavy (non-hydrogen) atoms. The summed E-state index contributed by atoms with van der Waals surface area (Å²) in [6.45, 7) is 0. The highest BCUT2D eigenvalue weighted by Gasteiger charge is 2.21. The van der Waals surface area contributed by atoms with E-state index < -0.39 is 10.0 Å². The van der Waals surface area contributed by atoms with Crippen LogP contribution in [0.2, 0.25) is 8.67 Å². The van der Waals surface area contributed by atoms with Gasteiger partial charge in [-0.15, -0.1) is 11.3 Å². The fraction of sp³-hybridized carbons (Fsp3) is 0.154. The molecule has 6 nitrogen and oxygen atoms in total. The number of anilines is 1. The maximum Gasteiger partial charge on any atom is 0.277 e. The van der Waals surface area contributed by atoms with Gasteiger partial charge in [-0.25, -0.2) is 13.5 Å². The molecule has 0 atom stereocenters. The highest BCUT2D eigenvalue weighted by Crippen LogP contribution is 2.35. The summed E-state index contributed by atoms with van der Waals surface area (Å²) >= 11 is 12.6. The van der Waals surface area contributed by atoms with E-state index in [0.29, 0.717) is 11.3 Å². The molecule has 0 saturated carbocycles. The molecule has 0 saturated heterocycles. The molecule has 0 radical (unpaired) electrons. The second-order valence-corrected chi connectivity index (χ2v) is 8.29.